The molecule has 0 bridgehead atoms. The van der Waals surface area contributed by atoms with Crippen LogP contribution in [0.15, 0.2) is 0 Å². The Morgan fingerprint density at radius 3 is 2.68 bits per heavy atom. The minimum atomic E-state index is -0.464. The highest BCUT2D eigenvalue weighted by atomic mass is 32.1. The number of methoxy groups -OCH3 is 1. The SMILES string of the molecule is CCOC(=O)N1CCC[C@@H](C(=O)Nc2sc(C)c(C)c2C(=O)OC)C1. The van der Waals surface area contributed by atoms with Crippen LogP contribution < -0.4 is 5.32 Å². The number of carbonyl (C=O) groups excluding carboxylic acids is 3. The lowest BCUT2D eigenvalue weighted by Crippen LogP contribution is -2.44. The Hall–Kier alpha value is -2.09. The summed E-state index contributed by atoms with van der Waals surface area (Å²) in [6, 6.07) is 0. The van der Waals surface area contributed by atoms with Crippen molar-refractivity contribution in [2.75, 3.05) is 32.1 Å². The maximum atomic E-state index is 12.6. The molecule has 2 amide bonds. The summed E-state index contributed by atoms with van der Waals surface area (Å²) in [4.78, 5) is 39.0. The van der Waals surface area contributed by atoms with Crippen LogP contribution in [0.25, 0.3) is 0 Å². The molecular formula is C17H24N2O5S. The number of likely N-dealkylation sites (tertiary alicyclic amines) is 1. The first-order chi connectivity index (χ1) is 11.9. The average molecular weight is 368 g/mol. The predicted molar refractivity (Wildman–Crippen MR) is 95.1 cm³/mol. The number of aryl methyl sites for hydroxylation is 1. The van der Waals surface area contributed by atoms with E-state index in [0.29, 0.717) is 36.7 Å². The standard InChI is InChI=1S/C17H24N2O5S/c1-5-24-17(22)19-8-6-7-12(9-19)14(20)18-15-13(16(21)23-4)10(2)11(3)25-15/h12H,5-9H2,1-4H3,(H,18,20)/t12-/m1/s1. The number of thiophene rings is 1. The van der Waals surface area contributed by atoms with Crippen LogP contribution in [0.4, 0.5) is 9.80 Å². The van der Waals surface area contributed by atoms with Crippen molar-refractivity contribution in [3.05, 3.63) is 16.0 Å². The highest BCUT2D eigenvalue weighted by Gasteiger charge is 2.30. The molecule has 1 aliphatic heterocycles. The van der Waals surface area contributed by atoms with Gasteiger partial charge in [0, 0.05) is 18.0 Å². The Bertz CT molecular complexity index is 670. The zero-order valence-electron chi connectivity index (χ0n) is 15.0. The maximum Gasteiger partial charge on any atom is 0.409 e. The molecule has 1 aromatic heterocycles. The smallest absolute Gasteiger partial charge is 0.409 e. The summed E-state index contributed by atoms with van der Waals surface area (Å²) in [5.41, 5.74) is 1.21. The van der Waals surface area contributed by atoms with Crippen LogP contribution in [0.2, 0.25) is 0 Å². The van der Waals surface area contributed by atoms with Gasteiger partial charge >= 0.3 is 12.1 Å². The molecule has 0 aliphatic carbocycles. The first-order valence-corrected chi connectivity index (χ1v) is 9.11. The summed E-state index contributed by atoms with van der Waals surface area (Å²) in [6.45, 7) is 6.70. The van der Waals surface area contributed by atoms with Crippen LogP contribution in [0.1, 0.15) is 40.6 Å². The fourth-order valence-electron chi connectivity index (χ4n) is 2.85. The summed E-state index contributed by atoms with van der Waals surface area (Å²) in [7, 11) is 1.32. The van der Waals surface area contributed by atoms with Crippen molar-refractivity contribution >= 4 is 34.3 Å². The fourth-order valence-corrected chi connectivity index (χ4v) is 3.90. The van der Waals surface area contributed by atoms with Gasteiger partial charge in [-0.15, -0.1) is 11.3 Å². The molecule has 1 aliphatic rings. The highest BCUT2D eigenvalue weighted by Crippen LogP contribution is 2.33. The van der Waals surface area contributed by atoms with Gasteiger partial charge in [0.1, 0.15) is 5.00 Å². The van der Waals surface area contributed by atoms with Gasteiger partial charge < -0.3 is 19.7 Å². The third-order valence-electron chi connectivity index (χ3n) is 4.33. The fraction of sp³-hybridized carbons (Fsp3) is 0.588. The topological polar surface area (TPSA) is 84.9 Å². The minimum Gasteiger partial charge on any atom is -0.465 e. The molecular weight excluding hydrogens is 344 g/mol. The molecule has 8 heteroatoms. The van der Waals surface area contributed by atoms with Crippen molar-refractivity contribution < 1.29 is 23.9 Å². The lowest BCUT2D eigenvalue weighted by molar-refractivity contribution is -0.121. The van der Waals surface area contributed by atoms with Gasteiger partial charge in [0.25, 0.3) is 0 Å². The van der Waals surface area contributed by atoms with Crippen molar-refractivity contribution in [2.24, 2.45) is 5.92 Å². The molecule has 0 spiro atoms. The number of rotatable bonds is 4. The molecule has 138 valence electrons. The van der Waals surface area contributed by atoms with Crippen molar-refractivity contribution in [1.82, 2.24) is 4.90 Å². The Morgan fingerprint density at radius 2 is 2.04 bits per heavy atom. The van der Waals surface area contributed by atoms with Gasteiger partial charge in [-0.3, -0.25) is 4.79 Å². The van der Waals surface area contributed by atoms with Gasteiger partial charge in [-0.1, -0.05) is 0 Å². The van der Waals surface area contributed by atoms with E-state index in [2.05, 4.69) is 5.32 Å². The van der Waals surface area contributed by atoms with Gasteiger partial charge in [-0.05, 0) is 39.2 Å². The van der Waals surface area contributed by atoms with Gasteiger partial charge in [-0.2, -0.15) is 0 Å². The quantitative estimate of drug-likeness (QED) is 0.826. The second-order valence-corrected chi connectivity index (χ2v) is 7.18. The third kappa shape index (κ3) is 4.31. The number of hydrogen-bond donors (Lipinski definition) is 1. The van der Waals surface area contributed by atoms with Crippen LogP contribution in [0.3, 0.4) is 0 Å². The van der Waals surface area contributed by atoms with Gasteiger partial charge in [0.2, 0.25) is 5.91 Å². The number of esters is 1. The molecule has 0 aromatic carbocycles. The largest absolute Gasteiger partial charge is 0.465 e. The summed E-state index contributed by atoms with van der Waals surface area (Å²) in [5.74, 6) is -0.985. The molecule has 2 rings (SSSR count). The maximum absolute atomic E-state index is 12.6. The Morgan fingerprint density at radius 1 is 1.32 bits per heavy atom. The Kier molecular flexibility index (Phi) is 6.41. The van der Waals surface area contributed by atoms with Gasteiger partial charge in [-0.25, -0.2) is 9.59 Å². The number of carbonyl (C=O) groups is 3. The lowest BCUT2D eigenvalue weighted by atomic mass is 9.97. The molecule has 1 atom stereocenters. The summed E-state index contributed by atoms with van der Waals surface area (Å²) in [6.07, 6.45) is 1.04. The van der Waals surface area contributed by atoms with Gasteiger partial charge in [0.05, 0.1) is 25.2 Å². The Labute approximate surface area is 151 Å². The number of amides is 2. The van der Waals surface area contributed by atoms with Crippen LogP contribution >= 0.6 is 11.3 Å². The number of ether oxygens (including phenoxy) is 2. The number of nitrogens with zero attached hydrogens (tertiary/aromatic N) is 1. The second kappa shape index (κ2) is 8.33. The van der Waals surface area contributed by atoms with Gasteiger partial charge in [0.15, 0.2) is 0 Å². The van der Waals surface area contributed by atoms with E-state index in [4.69, 9.17) is 9.47 Å². The number of hydrogen-bond acceptors (Lipinski definition) is 6. The van der Waals surface area contributed by atoms with Crippen LogP contribution in [0, 0.1) is 19.8 Å². The van der Waals surface area contributed by atoms with E-state index in [1.54, 1.807) is 11.8 Å². The van der Waals surface area contributed by atoms with E-state index < -0.39 is 12.1 Å². The van der Waals surface area contributed by atoms with Crippen molar-refractivity contribution in [3.63, 3.8) is 0 Å². The van der Waals surface area contributed by atoms with Crippen molar-refractivity contribution in [1.29, 1.82) is 0 Å². The van der Waals surface area contributed by atoms with Crippen LogP contribution in [-0.4, -0.2) is 49.7 Å². The monoisotopic (exact) mass is 368 g/mol. The van der Waals surface area contributed by atoms with E-state index >= 15 is 0 Å². The van der Waals surface area contributed by atoms with E-state index in [1.165, 1.54) is 18.4 Å². The first kappa shape index (κ1) is 19.2. The lowest BCUT2D eigenvalue weighted by Gasteiger charge is -2.31. The molecule has 1 N–H and O–H groups in total. The van der Waals surface area contributed by atoms with E-state index in [0.717, 1.165) is 16.9 Å². The summed E-state index contributed by atoms with van der Waals surface area (Å²) in [5, 5.41) is 3.35. The molecule has 0 radical (unpaired) electrons. The van der Waals surface area contributed by atoms with E-state index in [9.17, 15) is 14.4 Å². The molecule has 25 heavy (non-hydrogen) atoms. The second-order valence-electron chi connectivity index (χ2n) is 5.95. The zero-order valence-corrected chi connectivity index (χ0v) is 15.8. The van der Waals surface area contributed by atoms with E-state index in [-0.39, 0.29) is 11.8 Å². The molecule has 1 aromatic rings. The molecule has 0 unspecified atom stereocenters. The highest BCUT2D eigenvalue weighted by molar-refractivity contribution is 7.16. The summed E-state index contributed by atoms with van der Waals surface area (Å²) < 4.78 is 9.83. The van der Waals surface area contributed by atoms with Crippen LogP contribution in [0.5, 0.6) is 0 Å². The molecule has 1 fully saturated rings. The minimum absolute atomic E-state index is 0.194. The molecule has 7 nitrogen and oxygen atoms in total. The number of nitrogens with one attached hydrogen (secondary N) is 1. The Balaban J connectivity index is 2.11. The predicted octanol–water partition coefficient (Wildman–Crippen LogP) is 2.96. The first-order valence-electron chi connectivity index (χ1n) is 8.29. The normalized spacial score (nSPS) is 17.1. The average Bonchev–Trinajstić information content (AvgIpc) is 2.88. The summed E-state index contributed by atoms with van der Waals surface area (Å²) >= 11 is 1.35. The molecule has 1 saturated heterocycles. The van der Waals surface area contributed by atoms with Crippen LogP contribution in [-0.2, 0) is 14.3 Å². The third-order valence-corrected chi connectivity index (χ3v) is 5.45. The zero-order chi connectivity index (χ0) is 18.6. The van der Waals surface area contributed by atoms with Crippen molar-refractivity contribution in [2.45, 2.75) is 33.6 Å². The van der Waals surface area contributed by atoms with E-state index in [1.807, 2.05) is 13.8 Å². The molecule has 0 saturated carbocycles. The van der Waals surface area contributed by atoms with Crippen molar-refractivity contribution in [3.8, 4) is 0 Å². The number of anilines is 1. The number of piperidine rings is 1. The molecule has 2 heterocycles.